The lowest BCUT2D eigenvalue weighted by Crippen LogP contribution is -2.48. The first-order valence-electron chi connectivity index (χ1n) is 7.19. The van der Waals surface area contributed by atoms with Crippen molar-refractivity contribution in [1.82, 2.24) is 0 Å². The zero-order valence-corrected chi connectivity index (χ0v) is 12.2. The number of carbonyl (C=O) groups is 1. The van der Waals surface area contributed by atoms with Crippen molar-refractivity contribution >= 4 is 11.7 Å². The predicted molar refractivity (Wildman–Crippen MR) is 79.2 cm³/mol. The summed E-state index contributed by atoms with van der Waals surface area (Å²) in [4.78, 5) is 13.2. The standard InChI is InChI=1S/C16H23NO3/c1-12-7-9-13(10-8-12)17(11-16(18)19)14-5-3-4-6-15(14)20-2/h7-10,14-15H,3-6,11H2,1-2H3,(H,18,19). The number of hydrogen-bond acceptors (Lipinski definition) is 3. The van der Waals surface area contributed by atoms with Crippen molar-refractivity contribution < 1.29 is 14.6 Å². The van der Waals surface area contributed by atoms with Gasteiger partial charge in [0, 0.05) is 12.8 Å². The first-order chi connectivity index (χ1) is 9.61. The summed E-state index contributed by atoms with van der Waals surface area (Å²) in [6.07, 6.45) is 4.39. The van der Waals surface area contributed by atoms with Crippen LogP contribution in [-0.4, -0.2) is 36.9 Å². The van der Waals surface area contributed by atoms with Gasteiger partial charge in [-0.3, -0.25) is 4.79 Å². The average Bonchev–Trinajstić information content (AvgIpc) is 2.45. The lowest BCUT2D eigenvalue weighted by atomic mass is 9.90. The van der Waals surface area contributed by atoms with Crippen molar-refractivity contribution in [3.05, 3.63) is 29.8 Å². The third-order valence-corrected chi connectivity index (χ3v) is 4.04. The maximum atomic E-state index is 11.2. The third-order valence-electron chi connectivity index (χ3n) is 4.04. The fourth-order valence-corrected chi connectivity index (χ4v) is 2.99. The third kappa shape index (κ3) is 3.51. The summed E-state index contributed by atoms with van der Waals surface area (Å²) >= 11 is 0. The van der Waals surface area contributed by atoms with Gasteiger partial charge >= 0.3 is 5.97 Å². The summed E-state index contributed by atoms with van der Waals surface area (Å²) in [5.41, 5.74) is 2.14. The van der Waals surface area contributed by atoms with Crippen molar-refractivity contribution in [3.8, 4) is 0 Å². The minimum atomic E-state index is -0.800. The summed E-state index contributed by atoms with van der Waals surface area (Å²) in [7, 11) is 1.72. The molecule has 1 aliphatic rings. The van der Waals surface area contributed by atoms with Crippen LogP contribution in [0, 0.1) is 6.92 Å². The van der Waals surface area contributed by atoms with Crippen molar-refractivity contribution in [2.45, 2.75) is 44.8 Å². The molecule has 20 heavy (non-hydrogen) atoms. The number of anilines is 1. The predicted octanol–water partition coefficient (Wildman–Crippen LogP) is 2.84. The van der Waals surface area contributed by atoms with Crippen molar-refractivity contribution in [2.75, 3.05) is 18.6 Å². The molecule has 0 saturated heterocycles. The molecule has 4 nitrogen and oxygen atoms in total. The van der Waals surface area contributed by atoms with Gasteiger partial charge in [-0.05, 0) is 31.9 Å². The highest BCUT2D eigenvalue weighted by atomic mass is 16.5. The molecule has 0 radical (unpaired) electrons. The van der Waals surface area contributed by atoms with Gasteiger partial charge in [-0.15, -0.1) is 0 Å². The zero-order chi connectivity index (χ0) is 14.5. The molecule has 1 aromatic carbocycles. The zero-order valence-electron chi connectivity index (χ0n) is 12.2. The van der Waals surface area contributed by atoms with Crippen LogP contribution in [0.15, 0.2) is 24.3 Å². The van der Waals surface area contributed by atoms with Crippen molar-refractivity contribution in [1.29, 1.82) is 0 Å². The molecule has 2 unspecified atom stereocenters. The molecule has 110 valence electrons. The molecule has 1 aliphatic carbocycles. The van der Waals surface area contributed by atoms with Crippen molar-refractivity contribution in [2.24, 2.45) is 0 Å². The van der Waals surface area contributed by atoms with E-state index in [2.05, 4.69) is 0 Å². The Morgan fingerprint density at radius 3 is 2.55 bits per heavy atom. The summed E-state index contributed by atoms with van der Waals surface area (Å²) < 4.78 is 5.58. The molecule has 2 rings (SSSR count). The molecule has 1 N–H and O–H groups in total. The van der Waals surface area contributed by atoms with Crippen LogP contribution in [-0.2, 0) is 9.53 Å². The van der Waals surface area contributed by atoms with Crippen LogP contribution in [0.3, 0.4) is 0 Å². The molecule has 0 amide bonds. The van der Waals surface area contributed by atoms with Gasteiger partial charge in [0.15, 0.2) is 0 Å². The number of benzene rings is 1. The highest BCUT2D eigenvalue weighted by molar-refractivity contribution is 5.74. The molecular weight excluding hydrogens is 254 g/mol. The molecule has 1 fully saturated rings. The molecule has 1 saturated carbocycles. The number of carboxylic acids is 1. The molecule has 0 aromatic heterocycles. The Balaban J connectivity index is 2.25. The van der Waals surface area contributed by atoms with E-state index in [-0.39, 0.29) is 18.7 Å². The fourth-order valence-electron chi connectivity index (χ4n) is 2.99. The quantitative estimate of drug-likeness (QED) is 0.899. The molecule has 0 spiro atoms. The summed E-state index contributed by atoms with van der Waals surface area (Å²) in [5, 5.41) is 9.21. The van der Waals surface area contributed by atoms with Gasteiger partial charge in [-0.2, -0.15) is 0 Å². The Hall–Kier alpha value is -1.55. The lowest BCUT2D eigenvalue weighted by molar-refractivity contribution is -0.135. The SMILES string of the molecule is COC1CCCCC1N(CC(=O)O)c1ccc(C)cc1. The van der Waals surface area contributed by atoms with E-state index in [4.69, 9.17) is 4.74 Å². The van der Waals surface area contributed by atoms with E-state index >= 15 is 0 Å². The first kappa shape index (κ1) is 14.9. The van der Waals surface area contributed by atoms with Gasteiger partial charge in [0.05, 0.1) is 12.1 Å². The Bertz CT molecular complexity index is 444. The molecule has 1 aromatic rings. The van der Waals surface area contributed by atoms with Crippen LogP contribution in [0.4, 0.5) is 5.69 Å². The number of rotatable bonds is 5. The van der Waals surface area contributed by atoms with E-state index < -0.39 is 5.97 Å². The maximum Gasteiger partial charge on any atom is 0.323 e. The van der Waals surface area contributed by atoms with Crippen molar-refractivity contribution in [3.63, 3.8) is 0 Å². The second-order valence-corrected chi connectivity index (χ2v) is 5.48. The average molecular weight is 277 g/mol. The van der Waals surface area contributed by atoms with Crippen LogP contribution in [0.2, 0.25) is 0 Å². The van der Waals surface area contributed by atoms with Gasteiger partial charge in [-0.1, -0.05) is 30.5 Å². The Morgan fingerprint density at radius 2 is 1.95 bits per heavy atom. The van der Waals surface area contributed by atoms with Crippen LogP contribution in [0.1, 0.15) is 31.2 Å². The molecule has 4 heteroatoms. The monoisotopic (exact) mass is 277 g/mol. The minimum absolute atomic E-state index is 0.0214. The Kier molecular flexibility index (Phi) is 5.01. The number of hydrogen-bond donors (Lipinski definition) is 1. The first-order valence-corrected chi connectivity index (χ1v) is 7.19. The van der Waals surface area contributed by atoms with E-state index in [0.717, 1.165) is 31.4 Å². The second-order valence-electron chi connectivity index (χ2n) is 5.48. The summed E-state index contributed by atoms with van der Waals surface area (Å²) in [6, 6.07) is 8.19. The summed E-state index contributed by atoms with van der Waals surface area (Å²) in [6.45, 7) is 2.05. The minimum Gasteiger partial charge on any atom is -0.480 e. The van der Waals surface area contributed by atoms with Crippen LogP contribution >= 0.6 is 0 Å². The van der Waals surface area contributed by atoms with Gasteiger partial charge < -0.3 is 14.7 Å². The van der Waals surface area contributed by atoms with E-state index in [9.17, 15) is 9.90 Å². The Morgan fingerprint density at radius 1 is 1.30 bits per heavy atom. The van der Waals surface area contributed by atoms with Crippen LogP contribution in [0.25, 0.3) is 0 Å². The number of ether oxygens (including phenoxy) is 1. The van der Waals surface area contributed by atoms with Crippen LogP contribution < -0.4 is 4.90 Å². The molecular formula is C16H23NO3. The fraction of sp³-hybridized carbons (Fsp3) is 0.562. The topological polar surface area (TPSA) is 49.8 Å². The summed E-state index contributed by atoms with van der Waals surface area (Å²) in [5.74, 6) is -0.800. The Labute approximate surface area is 120 Å². The van der Waals surface area contributed by atoms with Gasteiger partial charge in [0.1, 0.15) is 6.54 Å². The van der Waals surface area contributed by atoms with E-state index in [1.54, 1.807) is 7.11 Å². The maximum absolute atomic E-state index is 11.2. The van der Waals surface area contributed by atoms with Gasteiger partial charge in [0.2, 0.25) is 0 Å². The largest absolute Gasteiger partial charge is 0.480 e. The molecule has 0 heterocycles. The molecule has 0 aliphatic heterocycles. The molecule has 2 atom stereocenters. The lowest BCUT2D eigenvalue weighted by Gasteiger charge is -2.39. The normalized spacial score (nSPS) is 22.5. The number of nitrogens with zero attached hydrogens (tertiary/aromatic N) is 1. The number of aryl methyl sites for hydroxylation is 1. The number of carboxylic acid groups (broad SMARTS) is 1. The highest BCUT2D eigenvalue weighted by Crippen LogP contribution is 2.29. The number of methoxy groups -OCH3 is 1. The second kappa shape index (κ2) is 6.75. The van der Waals surface area contributed by atoms with E-state index in [0.29, 0.717) is 0 Å². The van der Waals surface area contributed by atoms with Gasteiger partial charge in [-0.25, -0.2) is 0 Å². The highest BCUT2D eigenvalue weighted by Gasteiger charge is 2.31. The van der Waals surface area contributed by atoms with E-state index in [1.165, 1.54) is 5.56 Å². The van der Waals surface area contributed by atoms with Crippen LogP contribution in [0.5, 0.6) is 0 Å². The van der Waals surface area contributed by atoms with E-state index in [1.807, 2.05) is 36.1 Å². The molecule has 0 bridgehead atoms. The number of aliphatic carboxylic acids is 1. The smallest absolute Gasteiger partial charge is 0.323 e. The van der Waals surface area contributed by atoms with Gasteiger partial charge in [0.25, 0.3) is 0 Å².